The lowest BCUT2D eigenvalue weighted by Gasteiger charge is -2.08. The molecule has 0 unspecified atom stereocenters. The number of nitrogens with zero attached hydrogens (tertiary/aromatic N) is 4. The zero-order valence-electron chi connectivity index (χ0n) is 10.3. The minimum absolute atomic E-state index is 0.0229. The van der Waals surface area contributed by atoms with Crippen LogP contribution in [0.4, 0.5) is 5.69 Å². The summed E-state index contributed by atoms with van der Waals surface area (Å²) >= 11 is 1.85. The molecule has 0 aliphatic rings. The molecular formula is C13H5IN4O3. The van der Waals surface area contributed by atoms with Crippen LogP contribution in [0.1, 0.15) is 11.3 Å². The van der Waals surface area contributed by atoms with Crippen LogP contribution < -0.4 is 4.74 Å². The first kappa shape index (κ1) is 14.7. The van der Waals surface area contributed by atoms with Gasteiger partial charge in [0.25, 0.3) is 0 Å². The number of nitriles is 2. The van der Waals surface area contributed by atoms with Gasteiger partial charge in [-0.2, -0.15) is 10.5 Å². The van der Waals surface area contributed by atoms with E-state index in [-0.39, 0.29) is 28.4 Å². The van der Waals surface area contributed by atoms with Crippen molar-refractivity contribution in [3.63, 3.8) is 0 Å². The molecule has 21 heavy (non-hydrogen) atoms. The van der Waals surface area contributed by atoms with Crippen molar-refractivity contribution < 1.29 is 9.66 Å². The van der Waals surface area contributed by atoms with Crippen LogP contribution in [-0.4, -0.2) is 9.91 Å². The molecule has 0 atom stereocenters. The molecule has 8 heteroatoms. The fourth-order valence-corrected chi connectivity index (χ4v) is 2.26. The quantitative estimate of drug-likeness (QED) is 0.451. The largest absolute Gasteiger partial charge is 0.449 e. The molecule has 0 fully saturated rings. The van der Waals surface area contributed by atoms with Crippen molar-refractivity contribution in [3.8, 4) is 23.6 Å². The molecule has 102 valence electrons. The molecule has 0 saturated heterocycles. The molecule has 1 aromatic heterocycles. The van der Waals surface area contributed by atoms with Gasteiger partial charge in [-0.25, -0.2) is 4.98 Å². The lowest BCUT2D eigenvalue weighted by molar-refractivity contribution is -0.385. The Morgan fingerprint density at radius 2 is 2.05 bits per heavy atom. The minimum Gasteiger partial charge on any atom is -0.449 e. The first-order valence-electron chi connectivity index (χ1n) is 5.47. The van der Waals surface area contributed by atoms with Gasteiger partial charge in [0.2, 0.25) is 5.75 Å². The molecule has 0 radical (unpaired) electrons. The van der Waals surface area contributed by atoms with Crippen LogP contribution in [0, 0.1) is 36.3 Å². The van der Waals surface area contributed by atoms with Crippen molar-refractivity contribution in [2.75, 3.05) is 0 Å². The van der Waals surface area contributed by atoms with Crippen LogP contribution in [0.15, 0.2) is 30.5 Å². The van der Waals surface area contributed by atoms with Gasteiger partial charge in [-0.1, -0.05) is 0 Å². The van der Waals surface area contributed by atoms with Crippen molar-refractivity contribution in [2.24, 2.45) is 0 Å². The average molecular weight is 392 g/mol. The molecule has 0 N–H and O–H groups in total. The molecule has 0 amide bonds. The highest BCUT2D eigenvalue weighted by molar-refractivity contribution is 14.1. The SMILES string of the molecule is N#Cc1cc(I)c(Oc2ccnc(C#N)c2)c([N+](=O)[O-])c1. The highest BCUT2D eigenvalue weighted by Gasteiger charge is 2.21. The van der Waals surface area contributed by atoms with Gasteiger partial charge in [-0.3, -0.25) is 10.1 Å². The highest BCUT2D eigenvalue weighted by Crippen LogP contribution is 2.36. The van der Waals surface area contributed by atoms with E-state index < -0.39 is 4.92 Å². The average Bonchev–Trinajstić information content (AvgIpc) is 2.49. The number of hydrogen-bond acceptors (Lipinski definition) is 6. The number of ether oxygens (including phenoxy) is 1. The summed E-state index contributed by atoms with van der Waals surface area (Å²) in [5.74, 6) is 0.280. The molecule has 0 aliphatic heterocycles. The van der Waals surface area contributed by atoms with Crippen molar-refractivity contribution >= 4 is 28.3 Å². The number of hydrogen-bond donors (Lipinski definition) is 0. The monoisotopic (exact) mass is 392 g/mol. The maximum absolute atomic E-state index is 11.1. The summed E-state index contributed by atoms with van der Waals surface area (Å²) in [5.41, 5.74) is -0.00142. The second-order valence-electron chi connectivity index (χ2n) is 3.77. The Kier molecular flexibility index (Phi) is 4.30. The Morgan fingerprint density at radius 1 is 1.29 bits per heavy atom. The lowest BCUT2D eigenvalue weighted by Crippen LogP contribution is -1.97. The molecule has 0 bridgehead atoms. The third-order valence-electron chi connectivity index (χ3n) is 2.42. The van der Waals surface area contributed by atoms with Gasteiger partial charge in [0, 0.05) is 18.3 Å². The molecule has 0 spiro atoms. The summed E-state index contributed by atoms with van der Waals surface area (Å²) in [6.07, 6.45) is 1.37. The summed E-state index contributed by atoms with van der Waals surface area (Å²) in [4.78, 5) is 14.3. The number of halogens is 1. The van der Waals surface area contributed by atoms with Crippen LogP contribution in [0.2, 0.25) is 0 Å². The Morgan fingerprint density at radius 3 is 2.67 bits per heavy atom. The van der Waals surface area contributed by atoms with E-state index in [1.165, 1.54) is 24.4 Å². The minimum atomic E-state index is -0.620. The zero-order valence-corrected chi connectivity index (χ0v) is 12.4. The van der Waals surface area contributed by atoms with E-state index in [2.05, 4.69) is 4.98 Å². The van der Waals surface area contributed by atoms with Gasteiger partial charge in [0.1, 0.15) is 17.5 Å². The normalized spacial score (nSPS) is 9.48. The van der Waals surface area contributed by atoms with Crippen molar-refractivity contribution in [2.45, 2.75) is 0 Å². The van der Waals surface area contributed by atoms with Crippen molar-refractivity contribution in [3.05, 3.63) is 55.4 Å². The number of nitro groups is 1. The van der Waals surface area contributed by atoms with Crippen LogP contribution in [0.5, 0.6) is 11.5 Å². The molecule has 1 heterocycles. The first-order chi connectivity index (χ1) is 10.0. The third-order valence-corrected chi connectivity index (χ3v) is 3.22. The summed E-state index contributed by atoms with van der Waals surface area (Å²) in [7, 11) is 0. The van der Waals surface area contributed by atoms with Crippen LogP contribution in [-0.2, 0) is 0 Å². The number of nitro benzene ring substituents is 1. The van der Waals surface area contributed by atoms with Gasteiger partial charge >= 0.3 is 5.69 Å². The Labute approximate surface area is 132 Å². The van der Waals surface area contributed by atoms with E-state index in [0.717, 1.165) is 6.07 Å². The topological polar surface area (TPSA) is 113 Å². The van der Waals surface area contributed by atoms with Crippen molar-refractivity contribution in [1.82, 2.24) is 4.98 Å². The van der Waals surface area contributed by atoms with Gasteiger partial charge in [-0.05, 0) is 34.7 Å². The molecule has 7 nitrogen and oxygen atoms in total. The zero-order chi connectivity index (χ0) is 15.4. The molecule has 1 aromatic carbocycles. The predicted octanol–water partition coefficient (Wildman–Crippen LogP) is 3.13. The van der Waals surface area contributed by atoms with E-state index in [0.29, 0.717) is 3.57 Å². The van der Waals surface area contributed by atoms with Crippen LogP contribution >= 0.6 is 22.6 Å². The highest BCUT2D eigenvalue weighted by atomic mass is 127. The third kappa shape index (κ3) is 3.24. The summed E-state index contributed by atoms with van der Waals surface area (Å²) < 4.78 is 5.92. The first-order valence-corrected chi connectivity index (χ1v) is 6.55. The van der Waals surface area contributed by atoms with Gasteiger partial charge in [-0.15, -0.1) is 0 Å². The summed E-state index contributed by atoms with van der Waals surface area (Å²) in [5, 5.41) is 28.7. The Bertz CT molecular complexity index is 808. The molecular weight excluding hydrogens is 387 g/mol. The van der Waals surface area contributed by atoms with Crippen molar-refractivity contribution in [1.29, 1.82) is 10.5 Å². The Balaban J connectivity index is 2.51. The van der Waals surface area contributed by atoms with Crippen LogP contribution in [0.25, 0.3) is 0 Å². The molecule has 0 aliphatic carbocycles. The number of aromatic nitrogens is 1. The predicted molar refractivity (Wildman–Crippen MR) is 79.6 cm³/mol. The van der Waals surface area contributed by atoms with Gasteiger partial charge in [0.15, 0.2) is 0 Å². The van der Waals surface area contributed by atoms with E-state index in [1.54, 1.807) is 0 Å². The molecule has 2 rings (SSSR count). The molecule has 0 saturated carbocycles. The fraction of sp³-hybridized carbons (Fsp3) is 0. The maximum Gasteiger partial charge on any atom is 0.314 e. The lowest BCUT2D eigenvalue weighted by atomic mass is 10.2. The summed E-state index contributed by atoms with van der Waals surface area (Å²) in [6.45, 7) is 0. The molecule has 2 aromatic rings. The van der Waals surface area contributed by atoms with E-state index in [9.17, 15) is 10.1 Å². The van der Waals surface area contributed by atoms with E-state index >= 15 is 0 Å². The van der Waals surface area contributed by atoms with E-state index in [4.69, 9.17) is 15.3 Å². The Hall–Kier alpha value is -2.72. The van der Waals surface area contributed by atoms with Gasteiger partial charge in [0.05, 0.1) is 20.1 Å². The second-order valence-corrected chi connectivity index (χ2v) is 4.93. The maximum atomic E-state index is 11.1. The number of benzene rings is 1. The smallest absolute Gasteiger partial charge is 0.314 e. The number of pyridine rings is 1. The standard InChI is InChI=1S/C13H5IN4O3/c14-11-3-8(6-15)4-12(18(19)20)13(11)21-10-1-2-17-9(5-10)7-16/h1-5H. The van der Waals surface area contributed by atoms with Crippen LogP contribution in [0.3, 0.4) is 0 Å². The fourth-order valence-electron chi connectivity index (χ4n) is 1.53. The van der Waals surface area contributed by atoms with Gasteiger partial charge < -0.3 is 4.74 Å². The van der Waals surface area contributed by atoms with E-state index in [1.807, 2.05) is 34.7 Å². The summed E-state index contributed by atoms with van der Waals surface area (Å²) in [6, 6.07) is 9.19. The number of rotatable bonds is 3. The second kappa shape index (κ2) is 6.15.